The zero-order chi connectivity index (χ0) is 24.3. The summed E-state index contributed by atoms with van der Waals surface area (Å²) < 4.78 is 33.3. The number of piperazine rings is 1. The van der Waals surface area contributed by atoms with Crippen LogP contribution in [0.3, 0.4) is 0 Å². The van der Waals surface area contributed by atoms with Crippen LogP contribution in [-0.4, -0.2) is 55.8 Å². The zero-order valence-corrected chi connectivity index (χ0v) is 20.4. The number of rotatable bonds is 7. The Morgan fingerprint density at radius 3 is 2.35 bits per heavy atom. The van der Waals surface area contributed by atoms with Crippen LogP contribution in [0.4, 0.5) is 5.69 Å². The minimum Gasteiger partial charge on any atom is -0.494 e. The minimum atomic E-state index is -3.96. The van der Waals surface area contributed by atoms with Crippen LogP contribution >= 0.6 is 0 Å². The van der Waals surface area contributed by atoms with E-state index in [0.717, 1.165) is 30.0 Å². The average molecular weight is 486 g/mol. The molecule has 9 heteroatoms. The van der Waals surface area contributed by atoms with E-state index in [9.17, 15) is 18.0 Å². The largest absolute Gasteiger partial charge is 0.494 e. The molecule has 2 amide bonds. The van der Waals surface area contributed by atoms with Crippen LogP contribution in [0.5, 0.6) is 5.75 Å². The number of sulfonamides is 1. The van der Waals surface area contributed by atoms with E-state index in [2.05, 4.69) is 5.32 Å². The van der Waals surface area contributed by atoms with Crippen LogP contribution < -0.4 is 15.0 Å². The van der Waals surface area contributed by atoms with Crippen molar-refractivity contribution in [2.24, 2.45) is 0 Å². The maximum Gasteiger partial charge on any atom is 0.247 e. The van der Waals surface area contributed by atoms with Gasteiger partial charge < -0.3 is 10.1 Å². The fourth-order valence-electron chi connectivity index (χ4n) is 4.75. The predicted molar refractivity (Wildman–Crippen MR) is 129 cm³/mol. The van der Waals surface area contributed by atoms with Crippen molar-refractivity contribution in [3.05, 3.63) is 54.6 Å². The summed E-state index contributed by atoms with van der Waals surface area (Å²) in [5, 5.41) is 3.07. The third kappa shape index (κ3) is 4.67. The van der Waals surface area contributed by atoms with Gasteiger partial charge in [-0.3, -0.25) is 14.5 Å². The monoisotopic (exact) mass is 485 g/mol. The van der Waals surface area contributed by atoms with Crippen molar-refractivity contribution < 1.29 is 22.7 Å². The lowest BCUT2D eigenvalue weighted by molar-refractivity contribution is -0.133. The van der Waals surface area contributed by atoms with Crippen LogP contribution in [0.2, 0.25) is 0 Å². The Bertz CT molecular complexity index is 1130. The Balaban J connectivity index is 1.70. The Morgan fingerprint density at radius 2 is 1.74 bits per heavy atom. The van der Waals surface area contributed by atoms with Gasteiger partial charge in [0.15, 0.2) is 0 Å². The van der Waals surface area contributed by atoms with Crippen molar-refractivity contribution in [1.29, 1.82) is 0 Å². The summed E-state index contributed by atoms with van der Waals surface area (Å²) in [6, 6.07) is 15.0. The topological polar surface area (TPSA) is 96.0 Å². The van der Waals surface area contributed by atoms with Gasteiger partial charge in [0.2, 0.25) is 21.8 Å². The van der Waals surface area contributed by atoms with E-state index in [-0.39, 0.29) is 29.9 Å². The molecule has 0 aromatic heterocycles. The molecule has 1 atom stereocenters. The fraction of sp³-hybridized carbons (Fsp3) is 0.440. The fourth-order valence-corrected chi connectivity index (χ4v) is 6.25. The normalized spacial score (nSPS) is 22.1. The van der Waals surface area contributed by atoms with E-state index < -0.39 is 21.5 Å². The van der Waals surface area contributed by atoms with Crippen molar-refractivity contribution in [1.82, 2.24) is 9.62 Å². The molecule has 1 N–H and O–H groups in total. The highest BCUT2D eigenvalue weighted by Crippen LogP contribution is 2.33. The smallest absolute Gasteiger partial charge is 0.247 e. The molecule has 1 saturated carbocycles. The van der Waals surface area contributed by atoms with Gasteiger partial charge in [0.25, 0.3) is 0 Å². The standard InChI is InChI=1S/C25H31N3O5S/c1-3-33-21-15-13-20(14-16-21)28-23(29)17-27(34(31,32)22-11-5-4-6-12-22)18-25(28,2)24(30)26-19-9-7-8-10-19/h4-6,11-16,19H,3,7-10,17-18H2,1-2H3,(H,26,30)/t25-/m1/s1. The molecule has 1 aliphatic carbocycles. The summed E-state index contributed by atoms with van der Waals surface area (Å²) in [7, 11) is -3.96. The first-order valence-corrected chi connectivity index (χ1v) is 13.1. The molecule has 0 unspecified atom stereocenters. The quantitative estimate of drug-likeness (QED) is 0.651. The number of hydrogen-bond acceptors (Lipinski definition) is 5. The molecule has 0 radical (unpaired) electrons. The molecule has 2 aromatic carbocycles. The number of ether oxygens (including phenoxy) is 1. The van der Waals surface area contributed by atoms with Gasteiger partial charge in [-0.05, 0) is 63.1 Å². The number of carbonyl (C=O) groups is 2. The summed E-state index contributed by atoms with van der Waals surface area (Å²) in [6.07, 6.45) is 3.84. The highest BCUT2D eigenvalue weighted by Gasteiger charge is 2.51. The van der Waals surface area contributed by atoms with Crippen LogP contribution in [0.1, 0.15) is 39.5 Å². The van der Waals surface area contributed by atoms with E-state index in [1.165, 1.54) is 17.0 Å². The van der Waals surface area contributed by atoms with E-state index >= 15 is 0 Å². The Morgan fingerprint density at radius 1 is 1.09 bits per heavy atom. The Kier molecular flexibility index (Phi) is 6.95. The summed E-state index contributed by atoms with van der Waals surface area (Å²) in [6.45, 7) is 3.53. The van der Waals surface area contributed by atoms with Crippen LogP contribution in [0, 0.1) is 0 Å². The van der Waals surface area contributed by atoms with Gasteiger partial charge in [-0.2, -0.15) is 4.31 Å². The van der Waals surface area contributed by atoms with Gasteiger partial charge in [0.1, 0.15) is 11.3 Å². The maximum atomic E-state index is 13.6. The zero-order valence-electron chi connectivity index (χ0n) is 19.6. The van der Waals surface area contributed by atoms with Crippen molar-refractivity contribution in [2.45, 2.75) is 56.0 Å². The molecular weight excluding hydrogens is 454 g/mol. The lowest BCUT2D eigenvalue weighted by Crippen LogP contribution is -2.70. The molecule has 8 nitrogen and oxygen atoms in total. The SMILES string of the molecule is CCOc1ccc(N2C(=O)CN(S(=O)(=O)c3ccccc3)C[C@]2(C)C(=O)NC2CCCC2)cc1. The second-order valence-corrected chi connectivity index (χ2v) is 10.9. The molecule has 0 spiro atoms. The molecule has 34 heavy (non-hydrogen) atoms. The summed E-state index contributed by atoms with van der Waals surface area (Å²) in [5.41, 5.74) is -0.901. The Hall–Kier alpha value is -2.91. The third-order valence-corrected chi connectivity index (χ3v) is 8.31. The van der Waals surface area contributed by atoms with Gasteiger partial charge in [-0.25, -0.2) is 8.42 Å². The lowest BCUT2D eigenvalue weighted by Gasteiger charge is -2.47. The molecule has 0 bridgehead atoms. The summed E-state index contributed by atoms with van der Waals surface area (Å²) in [4.78, 5) is 28.6. The third-order valence-electron chi connectivity index (χ3n) is 6.51. The van der Waals surface area contributed by atoms with Gasteiger partial charge in [-0.1, -0.05) is 31.0 Å². The van der Waals surface area contributed by atoms with Gasteiger partial charge in [-0.15, -0.1) is 0 Å². The van der Waals surface area contributed by atoms with Gasteiger partial charge in [0, 0.05) is 18.3 Å². The molecule has 182 valence electrons. The summed E-state index contributed by atoms with van der Waals surface area (Å²) in [5.74, 6) is -0.158. The molecule has 1 heterocycles. The van der Waals surface area contributed by atoms with Crippen molar-refractivity contribution >= 4 is 27.5 Å². The number of nitrogens with one attached hydrogen (secondary N) is 1. The lowest BCUT2D eigenvalue weighted by atomic mass is 9.94. The van der Waals surface area contributed by atoms with E-state index in [1.807, 2.05) is 6.92 Å². The van der Waals surface area contributed by atoms with Crippen molar-refractivity contribution in [2.75, 3.05) is 24.6 Å². The summed E-state index contributed by atoms with van der Waals surface area (Å²) >= 11 is 0. The van der Waals surface area contributed by atoms with E-state index in [1.54, 1.807) is 49.4 Å². The molecular formula is C25H31N3O5S. The minimum absolute atomic E-state index is 0.0303. The van der Waals surface area contributed by atoms with Crippen LogP contribution in [0.15, 0.2) is 59.5 Å². The first-order chi connectivity index (χ1) is 16.3. The van der Waals surface area contributed by atoms with Crippen molar-refractivity contribution in [3.63, 3.8) is 0 Å². The van der Waals surface area contributed by atoms with Crippen LogP contribution in [-0.2, 0) is 19.6 Å². The number of amides is 2. The number of anilines is 1. The van der Waals surface area contributed by atoms with E-state index in [0.29, 0.717) is 18.0 Å². The second kappa shape index (κ2) is 9.76. The van der Waals surface area contributed by atoms with Gasteiger partial charge in [0.05, 0.1) is 18.0 Å². The highest BCUT2D eigenvalue weighted by molar-refractivity contribution is 7.89. The first-order valence-electron chi connectivity index (χ1n) is 11.7. The molecule has 2 aliphatic rings. The molecule has 1 saturated heterocycles. The van der Waals surface area contributed by atoms with E-state index in [4.69, 9.17) is 4.74 Å². The number of benzene rings is 2. The molecule has 4 rings (SSSR count). The Labute approximate surface area is 200 Å². The highest BCUT2D eigenvalue weighted by atomic mass is 32.2. The van der Waals surface area contributed by atoms with Crippen molar-refractivity contribution in [3.8, 4) is 5.75 Å². The molecule has 2 fully saturated rings. The number of carbonyl (C=O) groups excluding carboxylic acids is 2. The average Bonchev–Trinajstić information content (AvgIpc) is 3.33. The maximum absolute atomic E-state index is 13.6. The molecule has 1 aliphatic heterocycles. The predicted octanol–water partition coefficient (Wildman–Crippen LogP) is 2.94. The van der Waals surface area contributed by atoms with Crippen LogP contribution in [0.25, 0.3) is 0 Å². The first kappa shape index (κ1) is 24.2. The van der Waals surface area contributed by atoms with Gasteiger partial charge >= 0.3 is 0 Å². The second-order valence-electron chi connectivity index (χ2n) is 8.97. The number of hydrogen-bond donors (Lipinski definition) is 1. The molecule has 2 aromatic rings. The number of nitrogens with zero attached hydrogens (tertiary/aromatic N) is 2.